The number of benzene rings is 1. The molecule has 0 aliphatic carbocycles. The van der Waals surface area contributed by atoms with Crippen molar-refractivity contribution in [1.82, 2.24) is 5.32 Å². The summed E-state index contributed by atoms with van der Waals surface area (Å²) in [4.78, 5) is 22.8. The van der Waals surface area contributed by atoms with Crippen LogP contribution in [0.2, 0.25) is 0 Å². The zero-order valence-corrected chi connectivity index (χ0v) is 10.9. The van der Waals surface area contributed by atoms with Crippen LogP contribution in [0.4, 0.5) is 18.9 Å². The Balaban J connectivity index is 2.55. The molecule has 0 fully saturated rings. The molecule has 0 heterocycles. The van der Waals surface area contributed by atoms with Crippen LogP contribution in [0.15, 0.2) is 12.1 Å². The molecule has 110 valence electrons. The number of nitrogens with one attached hydrogen (secondary N) is 2. The molecule has 1 rings (SSSR count). The third-order valence-corrected chi connectivity index (χ3v) is 2.48. The third kappa shape index (κ3) is 4.56. The molecule has 1 aromatic rings. The molecule has 2 amide bonds. The highest BCUT2D eigenvalue weighted by Crippen LogP contribution is 2.19. The molecule has 7 heteroatoms. The monoisotopic (exact) mass is 288 g/mol. The molecule has 20 heavy (non-hydrogen) atoms. The Morgan fingerprint density at radius 1 is 1.10 bits per heavy atom. The van der Waals surface area contributed by atoms with E-state index in [0.29, 0.717) is 12.6 Å². The van der Waals surface area contributed by atoms with Gasteiger partial charge in [-0.05, 0) is 18.6 Å². The van der Waals surface area contributed by atoms with E-state index in [4.69, 9.17) is 0 Å². The van der Waals surface area contributed by atoms with Crippen LogP contribution < -0.4 is 10.6 Å². The fourth-order valence-electron chi connectivity index (χ4n) is 1.43. The van der Waals surface area contributed by atoms with Crippen molar-refractivity contribution >= 4 is 17.5 Å². The molecular weight excluding hydrogens is 273 g/mol. The number of unbranched alkanes of at least 4 members (excludes halogenated alkanes) is 1. The molecule has 0 radical (unpaired) electrons. The lowest BCUT2D eigenvalue weighted by atomic mass is 10.2. The average molecular weight is 288 g/mol. The molecule has 0 saturated heterocycles. The van der Waals surface area contributed by atoms with Gasteiger partial charge in [-0.15, -0.1) is 0 Å². The number of hydrogen-bond donors (Lipinski definition) is 2. The first-order valence-corrected chi connectivity index (χ1v) is 6.15. The van der Waals surface area contributed by atoms with Crippen molar-refractivity contribution in [2.75, 3.05) is 11.9 Å². The summed E-state index contributed by atoms with van der Waals surface area (Å²) < 4.78 is 38.9. The first-order valence-electron chi connectivity index (χ1n) is 6.15. The number of halogens is 3. The van der Waals surface area contributed by atoms with E-state index in [1.807, 2.05) is 12.2 Å². The fraction of sp³-hybridized carbons (Fsp3) is 0.385. The van der Waals surface area contributed by atoms with E-state index in [9.17, 15) is 22.8 Å². The number of carbonyl (C=O) groups excluding carboxylic acids is 2. The van der Waals surface area contributed by atoms with Gasteiger partial charge in [0.2, 0.25) is 11.8 Å². The molecule has 0 bridgehead atoms. The predicted octanol–water partition coefficient (Wildman–Crippen LogP) is 2.35. The predicted molar refractivity (Wildman–Crippen MR) is 67.5 cm³/mol. The van der Waals surface area contributed by atoms with Crippen LogP contribution in [0, 0.1) is 17.5 Å². The Morgan fingerprint density at radius 2 is 1.80 bits per heavy atom. The van der Waals surface area contributed by atoms with Gasteiger partial charge in [-0.25, -0.2) is 13.2 Å². The molecule has 2 N–H and O–H groups in total. The number of rotatable bonds is 6. The summed E-state index contributed by atoms with van der Waals surface area (Å²) in [6, 6.07) is 1.58. The van der Waals surface area contributed by atoms with Gasteiger partial charge in [0.25, 0.3) is 0 Å². The van der Waals surface area contributed by atoms with Crippen LogP contribution in [0.1, 0.15) is 26.2 Å². The third-order valence-electron chi connectivity index (χ3n) is 2.48. The second-order valence-corrected chi connectivity index (χ2v) is 4.15. The SMILES string of the molecule is CCCCNC(=O)CC(=O)Nc1ccc(F)c(F)c1F. The minimum Gasteiger partial charge on any atom is -0.356 e. The van der Waals surface area contributed by atoms with Crippen molar-refractivity contribution in [2.45, 2.75) is 26.2 Å². The van der Waals surface area contributed by atoms with E-state index < -0.39 is 41.4 Å². The molecule has 4 nitrogen and oxygen atoms in total. The lowest BCUT2D eigenvalue weighted by Crippen LogP contribution is -2.29. The van der Waals surface area contributed by atoms with Crippen molar-refractivity contribution in [2.24, 2.45) is 0 Å². The van der Waals surface area contributed by atoms with Gasteiger partial charge >= 0.3 is 0 Å². The van der Waals surface area contributed by atoms with Gasteiger partial charge in [0, 0.05) is 6.54 Å². The second kappa shape index (κ2) is 7.52. The molecular formula is C13H15F3N2O2. The van der Waals surface area contributed by atoms with E-state index in [2.05, 4.69) is 5.32 Å². The summed E-state index contributed by atoms with van der Waals surface area (Å²) in [5, 5.41) is 4.53. The highest BCUT2D eigenvalue weighted by molar-refractivity contribution is 6.03. The van der Waals surface area contributed by atoms with Crippen LogP contribution in [0.25, 0.3) is 0 Å². The van der Waals surface area contributed by atoms with Crippen LogP contribution in [-0.4, -0.2) is 18.4 Å². The fourth-order valence-corrected chi connectivity index (χ4v) is 1.43. The molecule has 0 unspecified atom stereocenters. The molecule has 0 saturated carbocycles. The maximum absolute atomic E-state index is 13.3. The quantitative estimate of drug-likeness (QED) is 0.479. The molecule has 0 aromatic heterocycles. The van der Waals surface area contributed by atoms with Crippen molar-refractivity contribution < 1.29 is 22.8 Å². The Bertz CT molecular complexity index is 507. The lowest BCUT2D eigenvalue weighted by Gasteiger charge is -2.07. The van der Waals surface area contributed by atoms with Gasteiger partial charge in [0.1, 0.15) is 6.42 Å². The number of anilines is 1. The lowest BCUT2D eigenvalue weighted by molar-refractivity contribution is -0.126. The van der Waals surface area contributed by atoms with Crippen LogP contribution in [-0.2, 0) is 9.59 Å². The molecule has 0 atom stereocenters. The van der Waals surface area contributed by atoms with Crippen LogP contribution in [0.5, 0.6) is 0 Å². The summed E-state index contributed by atoms with van der Waals surface area (Å²) in [6.07, 6.45) is 1.17. The number of hydrogen-bond acceptors (Lipinski definition) is 2. The Kier molecular flexibility index (Phi) is 6.02. The summed E-state index contributed by atoms with van der Waals surface area (Å²) >= 11 is 0. The summed E-state index contributed by atoms with van der Waals surface area (Å²) in [5.74, 6) is -5.83. The van der Waals surface area contributed by atoms with Gasteiger partial charge in [-0.2, -0.15) is 0 Å². The molecule has 0 aliphatic rings. The summed E-state index contributed by atoms with van der Waals surface area (Å²) in [7, 11) is 0. The largest absolute Gasteiger partial charge is 0.356 e. The van der Waals surface area contributed by atoms with Gasteiger partial charge in [-0.3, -0.25) is 9.59 Å². The van der Waals surface area contributed by atoms with Crippen LogP contribution in [0.3, 0.4) is 0 Å². The highest BCUT2D eigenvalue weighted by atomic mass is 19.2. The van der Waals surface area contributed by atoms with E-state index in [-0.39, 0.29) is 0 Å². The average Bonchev–Trinajstić information content (AvgIpc) is 2.40. The van der Waals surface area contributed by atoms with E-state index in [1.165, 1.54) is 0 Å². The molecule has 1 aromatic carbocycles. The Labute approximate surface area is 114 Å². The smallest absolute Gasteiger partial charge is 0.233 e. The highest BCUT2D eigenvalue weighted by Gasteiger charge is 2.16. The van der Waals surface area contributed by atoms with Gasteiger partial charge in [-0.1, -0.05) is 13.3 Å². The maximum atomic E-state index is 13.3. The first kappa shape index (κ1) is 16.0. The first-order chi connectivity index (χ1) is 9.45. The summed E-state index contributed by atoms with van der Waals surface area (Å²) in [6.45, 7) is 2.40. The van der Waals surface area contributed by atoms with Gasteiger partial charge in [0.15, 0.2) is 17.5 Å². The van der Waals surface area contributed by atoms with Crippen molar-refractivity contribution in [3.05, 3.63) is 29.6 Å². The molecule has 0 spiro atoms. The van der Waals surface area contributed by atoms with Crippen LogP contribution >= 0.6 is 0 Å². The maximum Gasteiger partial charge on any atom is 0.233 e. The minimum atomic E-state index is -1.67. The van der Waals surface area contributed by atoms with E-state index >= 15 is 0 Å². The normalized spacial score (nSPS) is 10.2. The van der Waals surface area contributed by atoms with Crippen molar-refractivity contribution in [3.63, 3.8) is 0 Å². The topological polar surface area (TPSA) is 58.2 Å². The Hall–Kier alpha value is -2.05. The minimum absolute atomic E-state index is 0.447. The number of amides is 2. The van der Waals surface area contributed by atoms with Gasteiger partial charge in [0.05, 0.1) is 5.69 Å². The zero-order valence-electron chi connectivity index (χ0n) is 10.9. The van der Waals surface area contributed by atoms with Gasteiger partial charge < -0.3 is 10.6 Å². The number of carbonyl (C=O) groups is 2. The van der Waals surface area contributed by atoms with Crippen molar-refractivity contribution in [1.29, 1.82) is 0 Å². The molecule has 0 aliphatic heterocycles. The summed E-state index contributed by atoms with van der Waals surface area (Å²) in [5.41, 5.74) is -0.504. The second-order valence-electron chi connectivity index (χ2n) is 4.15. The Morgan fingerprint density at radius 3 is 2.45 bits per heavy atom. The van der Waals surface area contributed by atoms with E-state index in [1.54, 1.807) is 0 Å². The zero-order chi connectivity index (χ0) is 15.1. The van der Waals surface area contributed by atoms with Crippen molar-refractivity contribution in [3.8, 4) is 0 Å². The van der Waals surface area contributed by atoms with E-state index in [0.717, 1.165) is 18.9 Å². The standard InChI is InChI=1S/C13H15F3N2O2/c1-2-3-6-17-10(19)7-11(20)18-9-5-4-8(14)12(15)13(9)16/h4-5H,2-3,6-7H2,1H3,(H,17,19)(H,18,20).